The summed E-state index contributed by atoms with van der Waals surface area (Å²) in [5.74, 6) is -0.654. The molecule has 5 nitrogen and oxygen atoms in total. The highest BCUT2D eigenvalue weighted by Crippen LogP contribution is 2.46. The first-order valence-electron chi connectivity index (χ1n) is 12.5. The minimum Gasteiger partial charge on any atom is -0.465 e. The molecule has 1 fully saturated rings. The van der Waals surface area contributed by atoms with Crippen LogP contribution in [0.3, 0.4) is 0 Å². The Morgan fingerprint density at radius 1 is 0.947 bits per heavy atom. The van der Waals surface area contributed by atoms with Crippen molar-refractivity contribution in [1.82, 2.24) is 9.88 Å². The lowest BCUT2D eigenvalue weighted by atomic mass is 10.0. The van der Waals surface area contributed by atoms with Gasteiger partial charge < -0.3 is 14.6 Å². The molecule has 1 amide bonds. The minimum absolute atomic E-state index is 0.234. The minimum atomic E-state index is -4.39. The number of halogens is 3. The van der Waals surface area contributed by atoms with Gasteiger partial charge in [0.05, 0.1) is 34.9 Å². The molecule has 0 radical (unpaired) electrons. The number of amides is 1. The second-order valence-electron chi connectivity index (χ2n) is 8.99. The number of carbonyl (C=O) groups is 2. The molecular formula is C30H29F3N2O3. The van der Waals surface area contributed by atoms with Crippen LogP contribution in [0.25, 0.3) is 10.9 Å². The van der Waals surface area contributed by atoms with Gasteiger partial charge in [0.1, 0.15) is 0 Å². The normalized spacial score (nSPS) is 13.8. The van der Waals surface area contributed by atoms with Crippen molar-refractivity contribution in [2.45, 2.75) is 44.9 Å². The molecule has 1 heterocycles. The van der Waals surface area contributed by atoms with Crippen molar-refractivity contribution in [2.24, 2.45) is 0 Å². The fourth-order valence-corrected chi connectivity index (χ4v) is 4.51. The lowest BCUT2D eigenvalue weighted by Crippen LogP contribution is -2.35. The third-order valence-electron chi connectivity index (χ3n) is 6.63. The molecule has 5 rings (SSSR count). The van der Waals surface area contributed by atoms with Gasteiger partial charge in [-0.2, -0.15) is 13.2 Å². The Morgan fingerprint density at radius 3 is 2.18 bits per heavy atom. The first-order chi connectivity index (χ1) is 18.2. The summed E-state index contributed by atoms with van der Waals surface area (Å²) >= 11 is 0. The maximum atomic E-state index is 13.4. The number of rotatable bonds is 6. The number of para-hydroxylation sites is 1. The lowest BCUT2D eigenvalue weighted by molar-refractivity contribution is -0.137. The molecule has 198 valence electrons. The highest BCUT2D eigenvalue weighted by Gasteiger charge is 2.46. The summed E-state index contributed by atoms with van der Waals surface area (Å²) < 4.78 is 45.4. The topological polar surface area (TPSA) is 60.3 Å². The number of fused-ring (bicyclic) bond motifs is 1. The van der Waals surface area contributed by atoms with E-state index in [0.717, 1.165) is 35.9 Å². The zero-order valence-electron chi connectivity index (χ0n) is 21.4. The molecule has 38 heavy (non-hydrogen) atoms. The van der Waals surface area contributed by atoms with Crippen LogP contribution in [0.15, 0.2) is 79.0 Å². The zero-order chi connectivity index (χ0) is 27.5. The van der Waals surface area contributed by atoms with E-state index >= 15 is 0 Å². The van der Waals surface area contributed by atoms with Crippen molar-refractivity contribution >= 4 is 22.8 Å². The lowest BCUT2D eigenvalue weighted by Gasteiger charge is -2.19. The molecule has 0 aliphatic heterocycles. The number of alkyl halides is 3. The van der Waals surface area contributed by atoms with Crippen molar-refractivity contribution in [2.75, 3.05) is 7.11 Å². The van der Waals surface area contributed by atoms with Gasteiger partial charge in [0.2, 0.25) is 0 Å². The Bertz CT molecular complexity index is 1430. The third kappa shape index (κ3) is 5.44. The number of aromatic nitrogens is 1. The van der Waals surface area contributed by atoms with Crippen molar-refractivity contribution in [3.63, 3.8) is 0 Å². The average molecular weight is 523 g/mol. The number of methoxy groups -OCH3 is 1. The standard InChI is InChI=1S/C28H23F3N2O3.C2H6/c1-36-26(35)20-7-11-21(12-8-20)27(14-15-27)32-25(34)23-4-2-3-19-13-16-33(24(19)23)17-18-5-9-22(10-6-18)28(29,30)31;1-2/h2-13,16H,14-15,17H2,1H3,(H,32,34);1-2H3. The van der Waals surface area contributed by atoms with Crippen LogP contribution in [0.5, 0.6) is 0 Å². The van der Waals surface area contributed by atoms with Crippen LogP contribution in [0.4, 0.5) is 13.2 Å². The van der Waals surface area contributed by atoms with Gasteiger partial charge in [-0.15, -0.1) is 0 Å². The third-order valence-corrected chi connectivity index (χ3v) is 6.63. The van der Waals surface area contributed by atoms with Gasteiger partial charge in [-0.25, -0.2) is 4.79 Å². The fourth-order valence-electron chi connectivity index (χ4n) is 4.51. The second kappa shape index (κ2) is 10.7. The van der Waals surface area contributed by atoms with Crippen molar-refractivity contribution in [1.29, 1.82) is 0 Å². The SMILES string of the molecule is CC.COC(=O)c1ccc(C2(NC(=O)c3cccc4ccn(Cc5ccc(C(F)(F)F)cc5)c34)CC2)cc1. The Morgan fingerprint density at radius 2 is 1.61 bits per heavy atom. The highest BCUT2D eigenvalue weighted by atomic mass is 19.4. The van der Waals surface area contributed by atoms with E-state index in [1.165, 1.54) is 19.2 Å². The van der Waals surface area contributed by atoms with E-state index in [4.69, 9.17) is 4.74 Å². The Hall–Kier alpha value is -4.07. The number of benzene rings is 3. The first kappa shape index (κ1) is 27.0. The Balaban J connectivity index is 0.00000164. The first-order valence-corrected chi connectivity index (χ1v) is 12.5. The number of hydrogen-bond acceptors (Lipinski definition) is 3. The van der Waals surface area contributed by atoms with Crippen LogP contribution >= 0.6 is 0 Å². The molecule has 8 heteroatoms. The van der Waals surface area contributed by atoms with Crippen LogP contribution in [-0.2, 0) is 23.0 Å². The number of nitrogens with zero attached hydrogens (tertiary/aromatic N) is 1. The van der Waals surface area contributed by atoms with Crippen LogP contribution in [0, 0.1) is 0 Å². The van der Waals surface area contributed by atoms with Gasteiger partial charge >= 0.3 is 12.1 Å². The summed E-state index contributed by atoms with van der Waals surface area (Å²) in [4.78, 5) is 25.2. The van der Waals surface area contributed by atoms with Gasteiger partial charge in [-0.1, -0.05) is 50.2 Å². The predicted octanol–water partition coefficient (Wildman–Crippen LogP) is 6.94. The van der Waals surface area contributed by atoms with E-state index in [-0.39, 0.29) is 5.91 Å². The quantitative estimate of drug-likeness (QED) is 0.279. The van der Waals surface area contributed by atoms with E-state index in [1.54, 1.807) is 18.2 Å². The highest BCUT2D eigenvalue weighted by molar-refractivity contribution is 6.06. The summed E-state index contributed by atoms with van der Waals surface area (Å²) in [6.07, 6.45) is -1.00. The molecule has 0 bridgehead atoms. The van der Waals surface area contributed by atoms with Crippen LogP contribution < -0.4 is 5.32 Å². The molecule has 1 N–H and O–H groups in total. The molecule has 0 saturated heterocycles. The molecule has 0 unspecified atom stereocenters. The number of esters is 1. The molecule has 0 atom stereocenters. The summed E-state index contributed by atoms with van der Waals surface area (Å²) in [6.45, 7) is 4.33. The summed E-state index contributed by atoms with van der Waals surface area (Å²) in [5.41, 5.74) is 2.05. The predicted molar refractivity (Wildman–Crippen MR) is 140 cm³/mol. The largest absolute Gasteiger partial charge is 0.465 e. The molecular weight excluding hydrogens is 493 g/mol. The number of carbonyl (C=O) groups excluding carboxylic acids is 2. The van der Waals surface area contributed by atoms with Crippen molar-refractivity contribution in [3.05, 3.63) is 107 Å². The molecule has 1 aliphatic carbocycles. The number of hydrogen-bond donors (Lipinski definition) is 1. The Labute approximate surface area is 219 Å². The fraction of sp³-hybridized carbons (Fsp3) is 0.267. The molecule has 1 saturated carbocycles. The molecule has 1 aliphatic rings. The van der Waals surface area contributed by atoms with Gasteiger partial charge in [0.15, 0.2) is 0 Å². The monoisotopic (exact) mass is 522 g/mol. The van der Waals surface area contributed by atoms with E-state index in [0.29, 0.717) is 28.8 Å². The molecule has 0 spiro atoms. The van der Waals surface area contributed by atoms with Crippen molar-refractivity contribution in [3.8, 4) is 0 Å². The maximum Gasteiger partial charge on any atom is 0.416 e. The van der Waals surface area contributed by atoms with E-state index < -0.39 is 23.2 Å². The van der Waals surface area contributed by atoms with E-state index in [9.17, 15) is 22.8 Å². The van der Waals surface area contributed by atoms with Gasteiger partial charge in [-0.3, -0.25) is 4.79 Å². The maximum absolute atomic E-state index is 13.4. The van der Waals surface area contributed by atoms with Gasteiger partial charge in [-0.05, 0) is 60.4 Å². The summed E-state index contributed by atoms with van der Waals surface area (Å²) in [7, 11) is 1.33. The number of ether oxygens (including phenoxy) is 1. The molecule has 4 aromatic rings. The summed E-state index contributed by atoms with van der Waals surface area (Å²) in [6, 6.07) is 19.4. The second-order valence-corrected chi connectivity index (χ2v) is 8.99. The molecule has 3 aromatic carbocycles. The number of nitrogens with one attached hydrogen (secondary N) is 1. The Kier molecular flexibility index (Phi) is 7.62. The molecule has 1 aromatic heterocycles. The van der Waals surface area contributed by atoms with Crippen LogP contribution in [-0.4, -0.2) is 23.6 Å². The van der Waals surface area contributed by atoms with Gasteiger partial charge in [0.25, 0.3) is 5.91 Å². The van der Waals surface area contributed by atoms with Gasteiger partial charge in [0, 0.05) is 18.1 Å². The average Bonchev–Trinajstić information content (AvgIpc) is 3.60. The zero-order valence-corrected chi connectivity index (χ0v) is 21.4. The van der Waals surface area contributed by atoms with Crippen molar-refractivity contribution < 1.29 is 27.5 Å². The van der Waals surface area contributed by atoms with Crippen LogP contribution in [0.2, 0.25) is 0 Å². The summed E-state index contributed by atoms with van der Waals surface area (Å²) in [5, 5.41) is 4.03. The van der Waals surface area contributed by atoms with Crippen LogP contribution in [0.1, 0.15) is 64.1 Å². The smallest absolute Gasteiger partial charge is 0.416 e. The van der Waals surface area contributed by atoms with E-state index in [1.807, 2.05) is 54.9 Å². The van der Waals surface area contributed by atoms with E-state index in [2.05, 4.69) is 5.32 Å².